The number of rotatable bonds is 6. The molecule has 0 bridgehead atoms. The summed E-state index contributed by atoms with van der Waals surface area (Å²) in [5.41, 5.74) is 7.01. The van der Waals surface area contributed by atoms with Crippen molar-refractivity contribution in [1.82, 2.24) is 0 Å². The third-order valence-corrected chi connectivity index (χ3v) is 2.59. The maximum atomic E-state index is 11.3. The highest BCUT2D eigenvalue weighted by molar-refractivity contribution is 5.77. The van der Waals surface area contributed by atoms with Crippen LogP contribution in [0.1, 0.15) is 25.3 Å². The van der Waals surface area contributed by atoms with E-state index in [4.69, 9.17) is 5.73 Å². The molecule has 1 unspecified atom stereocenters. The Bertz CT molecular complexity index is 451. The number of unbranched alkanes of at least 4 members (excludes halogenated alkanes) is 1. The number of hydrogen-bond donors (Lipinski definition) is 1. The van der Waals surface area contributed by atoms with Gasteiger partial charge in [0.1, 0.15) is 0 Å². The molecular weight excluding hydrogens is 272 g/mol. The van der Waals surface area contributed by atoms with Crippen molar-refractivity contribution in [3.63, 3.8) is 0 Å². The fourth-order valence-corrected chi connectivity index (χ4v) is 1.40. The van der Waals surface area contributed by atoms with Gasteiger partial charge in [0.15, 0.2) is 6.04 Å². The van der Waals surface area contributed by atoms with E-state index in [-0.39, 0.29) is 6.61 Å². The second kappa shape index (κ2) is 11.6. The lowest BCUT2D eigenvalue weighted by atomic mass is 10.1. The molecule has 2 N–H and O–H groups in total. The van der Waals surface area contributed by atoms with Gasteiger partial charge in [-0.3, -0.25) is 0 Å². The molecule has 6 nitrogen and oxygen atoms in total. The average Bonchev–Trinajstić information content (AvgIpc) is 2.49. The van der Waals surface area contributed by atoms with Crippen molar-refractivity contribution >= 4 is 17.7 Å². The molecular formula is C15H21N2O4. The van der Waals surface area contributed by atoms with Crippen molar-refractivity contribution in [3.8, 4) is 0 Å². The summed E-state index contributed by atoms with van der Waals surface area (Å²) in [6, 6.07) is 6.13. The third kappa shape index (κ3) is 8.57. The summed E-state index contributed by atoms with van der Waals surface area (Å²) in [6.07, 6.45) is 3.52. The molecule has 1 atom stereocenters. The number of nitrogens with zero attached hydrogens (tertiary/aromatic N) is 1. The van der Waals surface area contributed by atoms with Crippen LogP contribution in [0.3, 0.4) is 0 Å². The Morgan fingerprint density at radius 1 is 1.38 bits per heavy atom. The third-order valence-electron chi connectivity index (χ3n) is 2.59. The number of benzene rings is 1. The summed E-state index contributed by atoms with van der Waals surface area (Å²) in [4.78, 5) is 24.8. The van der Waals surface area contributed by atoms with E-state index in [1.54, 1.807) is 24.3 Å². The first-order chi connectivity index (χ1) is 10.1. The predicted octanol–water partition coefficient (Wildman–Crippen LogP) is 1.91. The normalized spacial score (nSPS) is 10.6. The zero-order chi connectivity index (χ0) is 16.1. The highest BCUT2D eigenvalue weighted by Gasteiger charge is 2.18. The molecule has 1 aromatic carbocycles. The molecule has 0 saturated carbocycles. The zero-order valence-electron chi connectivity index (χ0n) is 12.4. The Kier molecular flexibility index (Phi) is 10.4. The second-order valence-electron chi connectivity index (χ2n) is 4.26. The standard InChI is InChI=1S/C11H12N2O3.C4H9O/c1-16-11(15)10(13-7-14)6-8-2-4-9(12)5-3-8;1-2-3-4-5/h2-5,10H,6,12H2,1H3;2-4H2,1H3. The van der Waals surface area contributed by atoms with Gasteiger partial charge < -0.3 is 10.5 Å². The molecule has 0 aliphatic heterocycles. The molecule has 115 valence electrons. The maximum absolute atomic E-state index is 11.3. The van der Waals surface area contributed by atoms with Crippen molar-refractivity contribution in [2.45, 2.75) is 32.2 Å². The van der Waals surface area contributed by atoms with Crippen LogP contribution in [0.5, 0.6) is 0 Å². The molecule has 1 aromatic rings. The van der Waals surface area contributed by atoms with Gasteiger partial charge in [-0.25, -0.2) is 14.7 Å². The number of ether oxygens (including phenoxy) is 1. The van der Waals surface area contributed by atoms with Crippen LogP contribution in [-0.4, -0.2) is 31.8 Å². The fraction of sp³-hybridized carbons (Fsp3) is 0.467. The van der Waals surface area contributed by atoms with E-state index in [0.29, 0.717) is 12.1 Å². The van der Waals surface area contributed by atoms with Gasteiger partial charge in [0.05, 0.1) is 13.7 Å². The molecule has 0 amide bonds. The van der Waals surface area contributed by atoms with Gasteiger partial charge in [0.25, 0.3) is 0 Å². The SMILES string of the molecule is CCCC[O].COC(=O)C(Cc1ccc(N)cc1)N=C=O. The number of hydrogen-bond acceptors (Lipinski definition) is 5. The summed E-state index contributed by atoms with van der Waals surface area (Å²) in [5, 5.41) is 9.53. The lowest BCUT2D eigenvalue weighted by molar-refractivity contribution is -0.142. The van der Waals surface area contributed by atoms with Crippen molar-refractivity contribution < 1.29 is 19.4 Å². The van der Waals surface area contributed by atoms with E-state index >= 15 is 0 Å². The Morgan fingerprint density at radius 3 is 2.38 bits per heavy atom. The smallest absolute Gasteiger partial charge is 0.331 e. The number of nitrogens with two attached hydrogens (primary N) is 1. The van der Waals surface area contributed by atoms with Crippen LogP contribution in [0.25, 0.3) is 0 Å². The van der Waals surface area contributed by atoms with E-state index in [1.165, 1.54) is 13.2 Å². The number of anilines is 1. The Hall–Kier alpha value is -2.17. The topological polar surface area (TPSA) is 102 Å². The van der Waals surface area contributed by atoms with Crippen molar-refractivity contribution in [2.24, 2.45) is 4.99 Å². The second-order valence-corrected chi connectivity index (χ2v) is 4.26. The summed E-state index contributed by atoms with van der Waals surface area (Å²) in [7, 11) is 1.25. The highest BCUT2D eigenvalue weighted by atomic mass is 16.5. The average molecular weight is 293 g/mol. The number of carbonyl (C=O) groups excluding carboxylic acids is 2. The van der Waals surface area contributed by atoms with Crippen molar-refractivity contribution in [1.29, 1.82) is 0 Å². The van der Waals surface area contributed by atoms with Crippen LogP contribution in [0.15, 0.2) is 29.3 Å². The minimum atomic E-state index is -0.842. The lowest BCUT2D eigenvalue weighted by Gasteiger charge is -2.08. The van der Waals surface area contributed by atoms with E-state index in [2.05, 4.69) is 9.73 Å². The van der Waals surface area contributed by atoms with Gasteiger partial charge in [0, 0.05) is 12.1 Å². The van der Waals surface area contributed by atoms with Crippen LogP contribution >= 0.6 is 0 Å². The van der Waals surface area contributed by atoms with Crippen LogP contribution < -0.4 is 5.73 Å². The number of methoxy groups -OCH3 is 1. The van der Waals surface area contributed by atoms with Crippen molar-refractivity contribution in [2.75, 3.05) is 19.5 Å². The molecule has 6 heteroatoms. The van der Waals surface area contributed by atoms with Gasteiger partial charge in [-0.2, -0.15) is 4.99 Å². The summed E-state index contributed by atoms with van der Waals surface area (Å²) in [5.74, 6) is -0.555. The maximum Gasteiger partial charge on any atom is 0.331 e. The molecule has 0 heterocycles. The summed E-state index contributed by atoms with van der Waals surface area (Å²) >= 11 is 0. The van der Waals surface area contributed by atoms with Crippen LogP contribution in [-0.2, 0) is 25.9 Å². The lowest BCUT2D eigenvalue weighted by Crippen LogP contribution is -2.22. The molecule has 0 aliphatic rings. The van der Waals surface area contributed by atoms with E-state index in [0.717, 1.165) is 18.4 Å². The number of esters is 1. The number of isocyanates is 1. The molecule has 0 fully saturated rings. The van der Waals surface area contributed by atoms with Crippen LogP contribution in [0, 0.1) is 0 Å². The van der Waals surface area contributed by atoms with Crippen molar-refractivity contribution in [3.05, 3.63) is 29.8 Å². The molecule has 0 saturated heterocycles. The fourth-order valence-electron chi connectivity index (χ4n) is 1.40. The number of aliphatic imine (C=N–C) groups is 1. The number of nitrogen functional groups attached to an aromatic ring is 1. The minimum Gasteiger partial charge on any atom is -0.467 e. The monoisotopic (exact) mass is 293 g/mol. The van der Waals surface area contributed by atoms with Crippen LogP contribution in [0.2, 0.25) is 0 Å². The van der Waals surface area contributed by atoms with E-state index in [9.17, 15) is 14.7 Å². The first kappa shape index (κ1) is 18.8. The van der Waals surface area contributed by atoms with Crippen LogP contribution in [0.4, 0.5) is 5.69 Å². The van der Waals surface area contributed by atoms with Gasteiger partial charge in [-0.05, 0) is 24.1 Å². The summed E-state index contributed by atoms with van der Waals surface area (Å²) in [6.45, 7) is 2.11. The summed E-state index contributed by atoms with van der Waals surface area (Å²) < 4.78 is 4.52. The molecule has 0 aliphatic carbocycles. The Morgan fingerprint density at radius 2 is 2.00 bits per heavy atom. The molecule has 1 radical (unpaired) electrons. The van der Waals surface area contributed by atoms with E-state index < -0.39 is 12.0 Å². The minimum absolute atomic E-state index is 0.0938. The van der Waals surface area contributed by atoms with Gasteiger partial charge >= 0.3 is 5.97 Å². The quantitative estimate of drug-likeness (QED) is 0.374. The zero-order valence-corrected chi connectivity index (χ0v) is 12.4. The highest BCUT2D eigenvalue weighted by Crippen LogP contribution is 2.10. The van der Waals surface area contributed by atoms with Gasteiger partial charge in [-0.15, -0.1) is 0 Å². The molecule has 0 aromatic heterocycles. The first-order valence-corrected chi connectivity index (χ1v) is 6.66. The Balaban J connectivity index is 0.000000690. The predicted molar refractivity (Wildman–Crippen MR) is 78.9 cm³/mol. The molecule has 1 rings (SSSR count). The Labute approximate surface area is 124 Å². The number of carbonyl (C=O) groups is 1. The van der Waals surface area contributed by atoms with E-state index in [1.807, 2.05) is 6.92 Å². The van der Waals surface area contributed by atoms with Gasteiger partial charge in [0.2, 0.25) is 6.08 Å². The first-order valence-electron chi connectivity index (χ1n) is 6.66. The molecule has 21 heavy (non-hydrogen) atoms. The van der Waals surface area contributed by atoms with Gasteiger partial charge in [-0.1, -0.05) is 25.5 Å². The molecule has 0 spiro atoms. The largest absolute Gasteiger partial charge is 0.467 e.